The zero-order chi connectivity index (χ0) is 27.7. The summed E-state index contributed by atoms with van der Waals surface area (Å²) in [6.07, 6.45) is 0. The molecule has 0 radical (unpaired) electrons. The van der Waals surface area contributed by atoms with Crippen molar-refractivity contribution in [3.8, 4) is 0 Å². The molecule has 1 aliphatic heterocycles. The van der Waals surface area contributed by atoms with Crippen LogP contribution in [0.5, 0.6) is 0 Å². The Morgan fingerprint density at radius 3 is 2.21 bits per heavy atom. The van der Waals surface area contributed by atoms with Crippen molar-refractivity contribution >= 4 is 51.4 Å². The van der Waals surface area contributed by atoms with Crippen LogP contribution in [0, 0.1) is 24.0 Å². The minimum absolute atomic E-state index is 0.123. The first-order valence-corrected chi connectivity index (χ1v) is 13.7. The summed E-state index contributed by atoms with van der Waals surface area (Å²) in [5.74, 6) is -1.43. The van der Waals surface area contributed by atoms with Crippen LogP contribution in [0.1, 0.15) is 33.9 Å². The molecule has 3 aromatic carbocycles. The topological polar surface area (TPSA) is 127 Å². The zero-order valence-corrected chi connectivity index (χ0v) is 22.5. The molecule has 9 nitrogen and oxygen atoms in total. The molecule has 0 aliphatic carbocycles. The Balaban J connectivity index is 1.54. The Morgan fingerprint density at radius 2 is 1.59 bits per heavy atom. The number of carbonyl (C=O) groups excluding carboxylic acids is 2. The second kappa shape index (κ2) is 10.8. The number of hydrogen-bond donors (Lipinski definition) is 1. The Morgan fingerprint density at radius 1 is 0.974 bits per heavy atom. The first-order valence-electron chi connectivity index (χ1n) is 11.9. The highest BCUT2D eigenvalue weighted by atomic mass is 32.2. The quantitative estimate of drug-likeness (QED) is 0.0558. The van der Waals surface area contributed by atoms with Crippen molar-refractivity contribution in [1.29, 1.82) is 0 Å². The zero-order valence-electron chi connectivity index (χ0n) is 20.9. The molecule has 1 fully saturated rings. The molecule has 1 unspecified atom stereocenters. The van der Waals surface area contributed by atoms with Crippen molar-refractivity contribution in [2.75, 3.05) is 4.90 Å². The summed E-state index contributed by atoms with van der Waals surface area (Å²) >= 11 is 2.61. The van der Waals surface area contributed by atoms with Gasteiger partial charge in [-0.05, 0) is 37.1 Å². The van der Waals surface area contributed by atoms with Gasteiger partial charge in [-0.1, -0.05) is 82.8 Å². The van der Waals surface area contributed by atoms with E-state index in [0.717, 1.165) is 28.0 Å². The van der Waals surface area contributed by atoms with Gasteiger partial charge in [-0.3, -0.25) is 24.6 Å². The lowest BCUT2D eigenvalue weighted by Crippen LogP contribution is -2.29. The van der Waals surface area contributed by atoms with E-state index in [0.29, 0.717) is 21.2 Å². The van der Waals surface area contributed by atoms with Crippen LogP contribution < -0.4 is 4.90 Å². The van der Waals surface area contributed by atoms with Gasteiger partial charge in [0.1, 0.15) is 5.76 Å². The van der Waals surface area contributed by atoms with E-state index in [1.165, 1.54) is 40.9 Å². The molecule has 11 heteroatoms. The molecule has 5 rings (SSSR count). The third-order valence-corrected chi connectivity index (χ3v) is 8.40. The molecule has 0 bridgehead atoms. The maximum absolute atomic E-state index is 13.3. The second-order valence-electron chi connectivity index (χ2n) is 9.01. The molecule has 0 saturated carbocycles. The van der Waals surface area contributed by atoms with E-state index in [9.17, 15) is 24.8 Å². The van der Waals surface area contributed by atoms with Crippen LogP contribution in [0.4, 0.5) is 10.8 Å². The summed E-state index contributed by atoms with van der Waals surface area (Å²) in [5.41, 5.74) is 3.75. The number of aliphatic hydroxyl groups excluding tert-OH is 1. The molecule has 1 N–H and O–H groups in total. The summed E-state index contributed by atoms with van der Waals surface area (Å²) in [6, 6.07) is 19.5. The molecule has 1 saturated heterocycles. The third-order valence-electron chi connectivity index (χ3n) is 6.27. The largest absolute Gasteiger partial charge is 0.507 e. The molecule has 1 amide bonds. The van der Waals surface area contributed by atoms with Gasteiger partial charge in [-0.2, -0.15) is 0 Å². The van der Waals surface area contributed by atoms with Crippen molar-refractivity contribution in [3.05, 3.63) is 116 Å². The predicted molar refractivity (Wildman–Crippen MR) is 150 cm³/mol. The van der Waals surface area contributed by atoms with Crippen molar-refractivity contribution in [1.82, 2.24) is 10.2 Å². The molecule has 1 aliphatic rings. The number of carbonyl (C=O) groups is 2. The Kier molecular flexibility index (Phi) is 7.27. The number of anilines is 1. The van der Waals surface area contributed by atoms with Crippen LogP contribution in [0.25, 0.3) is 5.76 Å². The van der Waals surface area contributed by atoms with E-state index in [2.05, 4.69) is 10.2 Å². The lowest BCUT2D eigenvalue weighted by molar-refractivity contribution is -0.384. The highest BCUT2D eigenvalue weighted by molar-refractivity contribution is 8.00. The van der Waals surface area contributed by atoms with Crippen LogP contribution in [0.3, 0.4) is 0 Å². The number of non-ortho nitro benzene ring substituents is 1. The van der Waals surface area contributed by atoms with E-state index in [1.54, 1.807) is 24.3 Å². The number of hydrogen-bond acceptors (Lipinski definition) is 9. The summed E-state index contributed by atoms with van der Waals surface area (Å²) in [6.45, 7) is 3.91. The molecular formula is C28H22N4O5S2. The van der Waals surface area contributed by atoms with Crippen LogP contribution in [-0.2, 0) is 15.3 Å². The number of aryl methyl sites for hydroxylation is 2. The first kappa shape index (κ1) is 26.3. The minimum atomic E-state index is -1.05. The van der Waals surface area contributed by atoms with Crippen molar-refractivity contribution < 1.29 is 19.6 Å². The predicted octanol–water partition coefficient (Wildman–Crippen LogP) is 5.98. The first-order chi connectivity index (χ1) is 18.7. The molecule has 196 valence electrons. The van der Waals surface area contributed by atoms with Crippen molar-refractivity contribution in [2.24, 2.45) is 0 Å². The highest BCUT2D eigenvalue weighted by Crippen LogP contribution is 2.44. The number of ketones is 1. The summed E-state index contributed by atoms with van der Waals surface area (Å²) < 4.78 is 0.605. The normalized spacial score (nSPS) is 16.6. The van der Waals surface area contributed by atoms with Gasteiger partial charge in [-0.15, -0.1) is 10.2 Å². The van der Waals surface area contributed by atoms with Crippen LogP contribution >= 0.6 is 23.1 Å². The number of nitrogens with zero attached hydrogens (tertiary/aromatic N) is 4. The number of nitro groups is 1. The summed E-state index contributed by atoms with van der Waals surface area (Å²) in [5, 5.41) is 31.0. The van der Waals surface area contributed by atoms with Gasteiger partial charge in [-0.25, -0.2) is 0 Å². The van der Waals surface area contributed by atoms with Gasteiger partial charge in [0.05, 0.1) is 16.5 Å². The maximum Gasteiger partial charge on any atom is 0.301 e. The van der Waals surface area contributed by atoms with Crippen molar-refractivity contribution in [2.45, 2.75) is 30.0 Å². The lowest BCUT2D eigenvalue weighted by Gasteiger charge is -2.22. The molecule has 2 heterocycles. The van der Waals surface area contributed by atoms with Crippen LogP contribution in [-0.4, -0.2) is 31.9 Å². The SMILES string of the molecule is Cc1ccc(CSc2nnc(N3C(=O)C(=O)/C(=C(\O)c4ccc(C)cc4)C3c3ccc([N+](=O)[O-])cc3)s2)cc1. The van der Waals surface area contributed by atoms with Gasteiger partial charge in [0.15, 0.2) is 4.34 Å². The average Bonchev–Trinajstić information content (AvgIpc) is 3.50. The fourth-order valence-electron chi connectivity index (χ4n) is 4.18. The fourth-order valence-corrected chi connectivity index (χ4v) is 6.00. The summed E-state index contributed by atoms with van der Waals surface area (Å²) in [7, 11) is 0. The van der Waals surface area contributed by atoms with E-state index in [4.69, 9.17) is 0 Å². The number of aliphatic hydroxyl groups is 1. The number of amides is 1. The molecule has 0 spiro atoms. The Labute approximate surface area is 232 Å². The van der Waals surface area contributed by atoms with E-state index < -0.39 is 22.7 Å². The molecule has 39 heavy (non-hydrogen) atoms. The number of rotatable bonds is 7. The van der Waals surface area contributed by atoms with Gasteiger partial charge in [0, 0.05) is 23.4 Å². The lowest BCUT2D eigenvalue weighted by atomic mass is 9.95. The molecule has 4 aromatic rings. The summed E-state index contributed by atoms with van der Waals surface area (Å²) in [4.78, 5) is 38.5. The highest BCUT2D eigenvalue weighted by Gasteiger charge is 2.48. The average molecular weight is 559 g/mol. The molecule has 1 aromatic heterocycles. The Bertz CT molecular complexity index is 1600. The fraction of sp³-hybridized carbons (Fsp3) is 0.143. The number of aromatic nitrogens is 2. The van der Waals surface area contributed by atoms with Crippen LogP contribution in [0.15, 0.2) is 82.7 Å². The second-order valence-corrected chi connectivity index (χ2v) is 11.2. The monoisotopic (exact) mass is 558 g/mol. The Hall–Kier alpha value is -4.35. The van der Waals surface area contributed by atoms with Crippen LogP contribution in [0.2, 0.25) is 0 Å². The van der Waals surface area contributed by atoms with Crippen molar-refractivity contribution in [3.63, 3.8) is 0 Å². The van der Waals surface area contributed by atoms with E-state index in [-0.39, 0.29) is 22.2 Å². The maximum atomic E-state index is 13.3. The van der Waals surface area contributed by atoms with Gasteiger partial charge in [0.2, 0.25) is 5.13 Å². The molecular weight excluding hydrogens is 536 g/mol. The van der Waals surface area contributed by atoms with E-state index >= 15 is 0 Å². The van der Waals surface area contributed by atoms with Gasteiger partial charge >= 0.3 is 5.91 Å². The number of Topliss-reactive ketones (excluding diaryl/α,β-unsaturated/α-hetero) is 1. The third kappa shape index (κ3) is 5.31. The minimum Gasteiger partial charge on any atom is -0.507 e. The number of benzene rings is 3. The van der Waals surface area contributed by atoms with E-state index in [1.807, 2.05) is 38.1 Å². The van der Waals surface area contributed by atoms with Gasteiger partial charge < -0.3 is 5.11 Å². The molecule has 1 atom stereocenters. The van der Waals surface area contributed by atoms with Gasteiger partial charge in [0.25, 0.3) is 11.5 Å². The number of thioether (sulfide) groups is 1. The number of nitro benzene ring substituents is 1. The smallest absolute Gasteiger partial charge is 0.301 e. The standard InChI is InChI=1S/C28H22N4O5S2/c1-16-3-7-18(8-4-16)15-38-28-30-29-27(39-28)31-23(19-11-13-21(14-12-19)32(36)37)22(25(34)26(31)35)24(33)20-9-5-17(2)6-10-20/h3-14,23,33H,15H2,1-2H3/b24-22-.